The summed E-state index contributed by atoms with van der Waals surface area (Å²) in [7, 11) is 3.76. The van der Waals surface area contributed by atoms with E-state index in [4.69, 9.17) is 4.74 Å². The average molecular weight is 410 g/mol. The van der Waals surface area contributed by atoms with Crippen LogP contribution in [0.2, 0.25) is 0 Å². The summed E-state index contributed by atoms with van der Waals surface area (Å²) in [5, 5.41) is 20.7. The second-order valence-corrected chi connectivity index (χ2v) is 7.35. The van der Waals surface area contributed by atoms with Crippen molar-refractivity contribution in [2.24, 2.45) is 0 Å². The highest BCUT2D eigenvalue weighted by Crippen LogP contribution is 2.39. The number of likely N-dealkylation sites (N-methyl/N-ethyl adjacent to an activating group) is 1. The van der Waals surface area contributed by atoms with Gasteiger partial charge in [-0.3, -0.25) is 9.59 Å². The summed E-state index contributed by atoms with van der Waals surface area (Å²) in [6.07, 6.45) is 0. The molecule has 1 heterocycles. The van der Waals surface area contributed by atoms with E-state index in [1.165, 1.54) is 17.0 Å². The zero-order valence-corrected chi connectivity index (χ0v) is 17.3. The van der Waals surface area contributed by atoms with Crippen LogP contribution in [-0.4, -0.2) is 65.5 Å². The van der Waals surface area contributed by atoms with E-state index in [2.05, 4.69) is 0 Å². The molecule has 0 saturated carbocycles. The fraction of sp³-hybridized carbons (Fsp3) is 0.304. The minimum absolute atomic E-state index is 0.0260. The molecule has 2 aromatic rings. The first-order valence-corrected chi connectivity index (χ1v) is 9.78. The number of aromatic hydroxyl groups is 1. The third-order valence-electron chi connectivity index (χ3n) is 4.96. The molecule has 1 aliphatic rings. The van der Waals surface area contributed by atoms with E-state index in [9.17, 15) is 19.8 Å². The summed E-state index contributed by atoms with van der Waals surface area (Å²) in [6.45, 7) is 3.20. The Hall–Kier alpha value is -3.32. The number of ether oxygens (including phenoxy) is 1. The van der Waals surface area contributed by atoms with Gasteiger partial charge in [0.2, 0.25) is 0 Å². The molecular weight excluding hydrogens is 384 g/mol. The van der Waals surface area contributed by atoms with Crippen LogP contribution in [0, 0.1) is 0 Å². The van der Waals surface area contributed by atoms with E-state index in [1.54, 1.807) is 36.4 Å². The summed E-state index contributed by atoms with van der Waals surface area (Å²) in [4.78, 5) is 29.1. The lowest BCUT2D eigenvalue weighted by molar-refractivity contribution is -0.140. The first-order valence-electron chi connectivity index (χ1n) is 9.78. The fourth-order valence-corrected chi connectivity index (χ4v) is 3.48. The second-order valence-electron chi connectivity index (χ2n) is 7.35. The van der Waals surface area contributed by atoms with Crippen LogP contribution in [0.25, 0.3) is 5.76 Å². The maximum absolute atomic E-state index is 12.9. The van der Waals surface area contributed by atoms with Gasteiger partial charge in [-0.05, 0) is 50.8 Å². The minimum Gasteiger partial charge on any atom is -0.508 e. The molecule has 1 amide bonds. The number of ketones is 1. The summed E-state index contributed by atoms with van der Waals surface area (Å²) in [5.74, 6) is -0.998. The van der Waals surface area contributed by atoms with E-state index in [1.807, 2.05) is 25.9 Å². The van der Waals surface area contributed by atoms with Gasteiger partial charge in [-0.1, -0.05) is 24.3 Å². The number of aliphatic hydroxyl groups is 1. The van der Waals surface area contributed by atoms with Crippen molar-refractivity contribution in [3.05, 3.63) is 65.2 Å². The average Bonchev–Trinajstić information content (AvgIpc) is 2.97. The SMILES string of the molecule is CCOc1cccc(C(O)=C2C(=O)C(=O)N(CCN(C)C)C2c2ccc(O)cc2)c1. The van der Waals surface area contributed by atoms with Crippen LogP contribution in [-0.2, 0) is 9.59 Å². The van der Waals surface area contributed by atoms with Crippen LogP contribution >= 0.6 is 0 Å². The third kappa shape index (κ3) is 4.31. The summed E-state index contributed by atoms with van der Waals surface area (Å²) >= 11 is 0. The number of hydrogen-bond acceptors (Lipinski definition) is 6. The molecule has 2 N–H and O–H groups in total. The van der Waals surface area contributed by atoms with E-state index in [0.717, 1.165) is 0 Å². The lowest BCUT2D eigenvalue weighted by Gasteiger charge is -2.26. The van der Waals surface area contributed by atoms with Gasteiger partial charge in [-0.25, -0.2) is 0 Å². The second kappa shape index (κ2) is 9.00. The number of benzene rings is 2. The molecule has 1 saturated heterocycles. The molecule has 158 valence electrons. The van der Waals surface area contributed by atoms with Crippen molar-refractivity contribution in [2.45, 2.75) is 13.0 Å². The zero-order chi connectivity index (χ0) is 21.8. The number of phenols is 1. The predicted molar refractivity (Wildman–Crippen MR) is 113 cm³/mol. The maximum atomic E-state index is 12.9. The Bertz CT molecular complexity index is 966. The first kappa shape index (κ1) is 21.4. The summed E-state index contributed by atoms with van der Waals surface area (Å²) in [5.41, 5.74) is 1.06. The van der Waals surface area contributed by atoms with Crippen molar-refractivity contribution in [2.75, 3.05) is 33.8 Å². The number of carbonyl (C=O) groups excluding carboxylic acids is 2. The number of likely N-dealkylation sites (tertiary alicyclic amines) is 1. The molecule has 1 aliphatic heterocycles. The quantitative estimate of drug-likeness (QED) is 0.414. The summed E-state index contributed by atoms with van der Waals surface area (Å²) < 4.78 is 5.49. The molecule has 7 heteroatoms. The Balaban J connectivity index is 2.12. The van der Waals surface area contributed by atoms with Gasteiger partial charge in [0.1, 0.15) is 17.3 Å². The van der Waals surface area contributed by atoms with E-state index in [-0.39, 0.29) is 17.1 Å². The topological polar surface area (TPSA) is 90.3 Å². The number of carbonyl (C=O) groups is 2. The highest BCUT2D eigenvalue weighted by atomic mass is 16.5. The number of Topliss-reactive ketones (excluding diaryl/α,β-unsaturated/α-hetero) is 1. The number of nitrogens with zero attached hydrogens (tertiary/aromatic N) is 2. The van der Waals surface area contributed by atoms with Crippen molar-refractivity contribution >= 4 is 17.4 Å². The van der Waals surface area contributed by atoms with E-state index in [0.29, 0.717) is 36.6 Å². The highest BCUT2D eigenvalue weighted by Gasteiger charge is 2.45. The lowest BCUT2D eigenvalue weighted by Crippen LogP contribution is -2.35. The molecule has 0 radical (unpaired) electrons. The Morgan fingerprint density at radius 3 is 2.47 bits per heavy atom. The molecule has 1 unspecified atom stereocenters. The van der Waals surface area contributed by atoms with Gasteiger partial charge in [0, 0.05) is 18.7 Å². The van der Waals surface area contributed by atoms with Gasteiger partial charge in [0.15, 0.2) is 0 Å². The molecule has 0 aromatic heterocycles. The molecule has 7 nitrogen and oxygen atoms in total. The molecule has 1 fully saturated rings. The molecule has 3 rings (SSSR count). The van der Waals surface area contributed by atoms with Gasteiger partial charge in [0.05, 0.1) is 18.2 Å². The number of phenolic OH excluding ortho intramolecular Hbond substituents is 1. The molecule has 0 bridgehead atoms. The van der Waals surface area contributed by atoms with Crippen molar-refractivity contribution < 1.29 is 24.5 Å². The first-order chi connectivity index (χ1) is 14.3. The van der Waals surface area contributed by atoms with Crippen LogP contribution in [0.5, 0.6) is 11.5 Å². The van der Waals surface area contributed by atoms with E-state index < -0.39 is 17.7 Å². The van der Waals surface area contributed by atoms with Crippen LogP contribution in [0.4, 0.5) is 0 Å². The fourth-order valence-electron chi connectivity index (χ4n) is 3.48. The number of amides is 1. The smallest absolute Gasteiger partial charge is 0.295 e. The van der Waals surface area contributed by atoms with Gasteiger partial charge >= 0.3 is 0 Å². The van der Waals surface area contributed by atoms with Crippen LogP contribution in [0.3, 0.4) is 0 Å². The highest BCUT2D eigenvalue weighted by molar-refractivity contribution is 6.46. The Kier molecular flexibility index (Phi) is 6.42. The maximum Gasteiger partial charge on any atom is 0.295 e. The Morgan fingerprint density at radius 1 is 1.13 bits per heavy atom. The van der Waals surface area contributed by atoms with Crippen molar-refractivity contribution in [1.82, 2.24) is 9.80 Å². The minimum atomic E-state index is -0.749. The monoisotopic (exact) mass is 410 g/mol. The number of rotatable bonds is 7. The van der Waals surface area contributed by atoms with Crippen molar-refractivity contribution in [1.29, 1.82) is 0 Å². The third-order valence-corrected chi connectivity index (χ3v) is 4.96. The van der Waals surface area contributed by atoms with Crippen LogP contribution in [0.1, 0.15) is 24.1 Å². The molecule has 1 atom stereocenters. The number of aliphatic hydroxyl groups excluding tert-OH is 1. The summed E-state index contributed by atoms with van der Waals surface area (Å²) in [6, 6.07) is 12.3. The Morgan fingerprint density at radius 2 is 1.83 bits per heavy atom. The van der Waals surface area contributed by atoms with E-state index >= 15 is 0 Å². The predicted octanol–water partition coefficient (Wildman–Crippen LogP) is 2.77. The number of hydrogen-bond donors (Lipinski definition) is 2. The largest absolute Gasteiger partial charge is 0.508 e. The van der Waals surface area contributed by atoms with Gasteiger partial charge in [-0.2, -0.15) is 0 Å². The molecule has 2 aromatic carbocycles. The Labute approximate surface area is 175 Å². The lowest BCUT2D eigenvalue weighted by atomic mass is 9.95. The molecule has 0 aliphatic carbocycles. The van der Waals surface area contributed by atoms with Gasteiger partial charge in [-0.15, -0.1) is 0 Å². The van der Waals surface area contributed by atoms with Gasteiger partial charge in [0.25, 0.3) is 11.7 Å². The standard InChI is InChI=1S/C23H26N2O5/c1-4-30-18-7-5-6-16(14-18)21(27)19-20(15-8-10-17(26)11-9-15)25(13-12-24(2)3)23(29)22(19)28/h5-11,14,20,26-27H,4,12-13H2,1-3H3. The molecule has 0 spiro atoms. The molecule has 30 heavy (non-hydrogen) atoms. The van der Waals surface area contributed by atoms with Crippen molar-refractivity contribution in [3.63, 3.8) is 0 Å². The zero-order valence-electron chi connectivity index (χ0n) is 17.3. The van der Waals surface area contributed by atoms with Crippen LogP contribution in [0.15, 0.2) is 54.1 Å². The molecular formula is C23H26N2O5. The van der Waals surface area contributed by atoms with Gasteiger partial charge < -0.3 is 24.7 Å². The normalized spacial score (nSPS) is 18.3. The van der Waals surface area contributed by atoms with Crippen molar-refractivity contribution in [3.8, 4) is 11.5 Å². The van der Waals surface area contributed by atoms with Crippen LogP contribution < -0.4 is 4.74 Å².